The molecule has 0 spiro atoms. The van der Waals surface area contributed by atoms with Crippen molar-refractivity contribution in [3.8, 4) is 0 Å². The van der Waals surface area contributed by atoms with Crippen molar-refractivity contribution >= 4 is 5.97 Å². The zero-order valence-electron chi connectivity index (χ0n) is 10.1. The highest BCUT2D eigenvalue weighted by Crippen LogP contribution is 2.19. The summed E-state index contributed by atoms with van der Waals surface area (Å²) in [6, 6.07) is 0.626. The quantitative estimate of drug-likeness (QED) is 0.543. The second-order valence-corrected chi connectivity index (χ2v) is 4.29. The Morgan fingerprint density at radius 1 is 1.50 bits per heavy atom. The zero-order chi connectivity index (χ0) is 11.8. The van der Waals surface area contributed by atoms with E-state index in [1.165, 1.54) is 25.7 Å². The van der Waals surface area contributed by atoms with Crippen molar-refractivity contribution in [1.29, 1.82) is 0 Å². The van der Waals surface area contributed by atoms with Crippen molar-refractivity contribution in [2.75, 3.05) is 13.1 Å². The number of rotatable bonds is 5. The van der Waals surface area contributed by atoms with Crippen molar-refractivity contribution in [2.24, 2.45) is 5.84 Å². The summed E-state index contributed by atoms with van der Waals surface area (Å²) in [6.07, 6.45) is 6.66. The van der Waals surface area contributed by atoms with E-state index in [1.54, 1.807) is 0 Å². The number of nitrogens with one attached hydrogen (secondary N) is 1. The maximum Gasteiger partial charge on any atom is 0.327 e. The lowest BCUT2D eigenvalue weighted by Crippen LogP contribution is -2.37. The Bertz CT molecular complexity index is 211. The number of carbonyl (C=O) groups excluding carboxylic acids is 1. The molecule has 5 nitrogen and oxygen atoms in total. The second-order valence-electron chi connectivity index (χ2n) is 4.29. The van der Waals surface area contributed by atoms with Crippen LogP contribution in [0.4, 0.5) is 0 Å². The third kappa shape index (κ3) is 4.47. The minimum absolute atomic E-state index is 0.290. The molecule has 0 aliphatic carbocycles. The first kappa shape index (κ1) is 13.4. The molecule has 3 N–H and O–H groups in total. The molecular weight excluding hydrogens is 206 g/mol. The first-order valence-electron chi connectivity index (χ1n) is 6.17. The van der Waals surface area contributed by atoms with Crippen LogP contribution in [0.1, 0.15) is 45.4 Å². The summed E-state index contributed by atoms with van der Waals surface area (Å²) in [7, 11) is 0. The van der Waals surface area contributed by atoms with Crippen molar-refractivity contribution < 1.29 is 9.63 Å². The fraction of sp³-hybridized carbons (Fsp3) is 0.909. The Kier molecular flexibility index (Phi) is 6.37. The molecule has 94 valence electrons. The molecule has 1 saturated heterocycles. The summed E-state index contributed by atoms with van der Waals surface area (Å²) < 4.78 is 0. The SMILES string of the molecule is CCC1CCCCCN1CCC(=O)ONN. The van der Waals surface area contributed by atoms with E-state index >= 15 is 0 Å². The highest BCUT2D eigenvalue weighted by molar-refractivity contribution is 5.69. The van der Waals surface area contributed by atoms with Crippen LogP contribution in [0.25, 0.3) is 0 Å². The van der Waals surface area contributed by atoms with Gasteiger partial charge in [0.2, 0.25) is 0 Å². The third-order valence-corrected chi connectivity index (χ3v) is 3.25. The van der Waals surface area contributed by atoms with Gasteiger partial charge in [0.25, 0.3) is 0 Å². The van der Waals surface area contributed by atoms with Gasteiger partial charge in [-0.15, -0.1) is 0 Å². The highest BCUT2D eigenvalue weighted by Gasteiger charge is 2.19. The Labute approximate surface area is 97.2 Å². The van der Waals surface area contributed by atoms with E-state index < -0.39 is 0 Å². The molecule has 0 aromatic rings. The standard InChI is InChI=1S/C11H23N3O2/c1-2-10-6-4-3-5-8-14(10)9-7-11(15)16-13-12/h10,13H,2-9,12H2,1H3. The summed E-state index contributed by atoms with van der Waals surface area (Å²) in [5.74, 6) is 4.62. The van der Waals surface area contributed by atoms with Gasteiger partial charge in [-0.05, 0) is 25.8 Å². The minimum Gasteiger partial charge on any atom is -0.356 e. The van der Waals surface area contributed by atoms with E-state index in [9.17, 15) is 4.79 Å². The number of nitrogens with zero attached hydrogens (tertiary/aromatic N) is 1. The number of carbonyl (C=O) groups is 1. The lowest BCUT2D eigenvalue weighted by atomic mass is 10.1. The van der Waals surface area contributed by atoms with Crippen molar-refractivity contribution in [1.82, 2.24) is 10.5 Å². The van der Waals surface area contributed by atoms with Crippen LogP contribution in [0, 0.1) is 0 Å². The van der Waals surface area contributed by atoms with E-state index in [-0.39, 0.29) is 5.97 Å². The number of nitrogens with two attached hydrogens (primary N) is 1. The maximum atomic E-state index is 11.2. The summed E-state index contributed by atoms with van der Waals surface area (Å²) in [6.45, 7) is 4.09. The molecular formula is C11H23N3O2. The van der Waals surface area contributed by atoms with Gasteiger partial charge in [-0.25, -0.2) is 5.84 Å². The molecule has 0 aromatic carbocycles. The van der Waals surface area contributed by atoms with Gasteiger partial charge >= 0.3 is 5.97 Å². The van der Waals surface area contributed by atoms with Gasteiger partial charge in [0.1, 0.15) is 0 Å². The first-order chi connectivity index (χ1) is 7.77. The monoisotopic (exact) mass is 229 g/mol. The Balaban J connectivity index is 2.33. The Morgan fingerprint density at radius 2 is 2.31 bits per heavy atom. The number of hydrogen-bond acceptors (Lipinski definition) is 5. The molecule has 1 aliphatic rings. The van der Waals surface area contributed by atoms with Crippen LogP contribution in [-0.4, -0.2) is 30.0 Å². The average Bonchev–Trinajstić information content (AvgIpc) is 2.51. The summed E-state index contributed by atoms with van der Waals surface area (Å²) in [4.78, 5) is 18.1. The minimum atomic E-state index is -0.290. The van der Waals surface area contributed by atoms with E-state index in [1.807, 2.05) is 5.59 Å². The topological polar surface area (TPSA) is 67.6 Å². The third-order valence-electron chi connectivity index (χ3n) is 3.25. The molecule has 0 bridgehead atoms. The largest absolute Gasteiger partial charge is 0.356 e. The van der Waals surface area contributed by atoms with E-state index in [4.69, 9.17) is 5.84 Å². The van der Waals surface area contributed by atoms with Gasteiger partial charge in [0.15, 0.2) is 0 Å². The maximum absolute atomic E-state index is 11.2. The van der Waals surface area contributed by atoms with E-state index in [0.29, 0.717) is 12.5 Å². The molecule has 0 saturated carbocycles. The van der Waals surface area contributed by atoms with Crippen molar-refractivity contribution in [2.45, 2.75) is 51.5 Å². The van der Waals surface area contributed by atoms with Gasteiger partial charge in [-0.1, -0.05) is 25.4 Å². The average molecular weight is 229 g/mol. The molecule has 1 unspecified atom stereocenters. The van der Waals surface area contributed by atoms with Crippen LogP contribution in [0.15, 0.2) is 0 Å². The van der Waals surface area contributed by atoms with Gasteiger partial charge < -0.3 is 4.84 Å². The Morgan fingerprint density at radius 3 is 3.00 bits per heavy atom. The van der Waals surface area contributed by atoms with Crippen LogP contribution in [0.3, 0.4) is 0 Å². The molecule has 1 atom stereocenters. The molecule has 1 fully saturated rings. The summed E-state index contributed by atoms with van der Waals surface area (Å²) in [5, 5.41) is 0. The van der Waals surface area contributed by atoms with Gasteiger partial charge in [0, 0.05) is 12.6 Å². The molecule has 1 aliphatic heterocycles. The first-order valence-corrected chi connectivity index (χ1v) is 6.17. The zero-order valence-corrected chi connectivity index (χ0v) is 10.1. The second kappa shape index (κ2) is 7.60. The van der Waals surface area contributed by atoms with Crippen LogP contribution < -0.4 is 11.4 Å². The smallest absolute Gasteiger partial charge is 0.327 e. The normalized spacial score (nSPS) is 22.8. The van der Waals surface area contributed by atoms with E-state index in [0.717, 1.165) is 19.5 Å². The molecule has 0 amide bonds. The van der Waals surface area contributed by atoms with Crippen LogP contribution in [0.5, 0.6) is 0 Å². The Hall–Kier alpha value is -0.650. The van der Waals surface area contributed by atoms with Crippen molar-refractivity contribution in [3.63, 3.8) is 0 Å². The molecule has 5 heteroatoms. The molecule has 1 heterocycles. The molecule has 0 radical (unpaired) electrons. The molecule has 16 heavy (non-hydrogen) atoms. The van der Waals surface area contributed by atoms with E-state index in [2.05, 4.69) is 16.7 Å². The van der Waals surface area contributed by atoms with Crippen LogP contribution in [-0.2, 0) is 9.63 Å². The van der Waals surface area contributed by atoms with Crippen LogP contribution >= 0.6 is 0 Å². The van der Waals surface area contributed by atoms with Gasteiger partial charge in [-0.3, -0.25) is 9.69 Å². The number of hydrogen-bond donors (Lipinski definition) is 2. The molecule has 0 aromatic heterocycles. The molecule has 1 rings (SSSR count). The van der Waals surface area contributed by atoms with Gasteiger partial charge in [-0.2, -0.15) is 0 Å². The lowest BCUT2D eigenvalue weighted by Gasteiger charge is -2.28. The van der Waals surface area contributed by atoms with Gasteiger partial charge in [0.05, 0.1) is 6.42 Å². The fourth-order valence-electron chi connectivity index (χ4n) is 2.35. The predicted octanol–water partition coefficient (Wildman–Crippen LogP) is 0.953. The highest BCUT2D eigenvalue weighted by atomic mass is 16.7. The number of likely N-dealkylation sites (tertiary alicyclic amines) is 1. The fourth-order valence-corrected chi connectivity index (χ4v) is 2.35. The summed E-state index contributed by atoms with van der Waals surface area (Å²) >= 11 is 0. The van der Waals surface area contributed by atoms with Crippen LogP contribution in [0.2, 0.25) is 0 Å². The lowest BCUT2D eigenvalue weighted by molar-refractivity contribution is -0.151. The summed E-state index contributed by atoms with van der Waals surface area (Å²) in [5.41, 5.74) is 1.92. The number of hydrazine groups is 1. The van der Waals surface area contributed by atoms with Crippen molar-refractivity contribution in [3.05, 3.63) is 0 Å². The predicted molar refractivity (Wildman–Crippen MR) is 62.2 cm³/mol.